The minimum absolute atomic E-state index is 0.0997. The molecule has 3 aromatic rings. The molecule has 0 unspecified atom stereocenters. The molecule has 0 spiro atoms. The SMILES string of the molecule is COCCOc1cccc(CNC(=O)c2ccc3c(c2)Cc2cccc(c2)CN(CC2CC2)CCCCCO3)c1. The summed E-state index contributed by atoms with van der Waals surface area (Å²) in [6, 6.07) is 22.5. The zero-order valence-electron chi connectivity index (χ0n) is 23.7. The minimum atomic E-state index is -0.0997. The molecule has 0 atom stereocenters. The van der Waals surface area contributed by atoms with Gasteiger partial charge < -0.3 is 19.5 Å². The molecule has 5 rings (SSSR count). The number of hydrogen-bond acceptors (Lipinski definition) is 5. The second-order valence-corrected chi connectivity index (χ2v) is 11.1. The van der Waals surface area contributed by atoms with E-state index in [0.29, 0.717) is 31.9 Å². The molecule has 1 amide bonds. The molecule has 1 fully saturated rings. The Labute approximate surface area is 238 Å². The standard InChI is InChI=1S/C34H42N2O4/c1-38-17-18-39-32-10-6-8-28(21-32)23-35-34(37)30-13-14-33-31(22-30)20-27-7-5-9-29(19-27)25-36(24-26-11-12-26)15-3-2-4-16-40-33/h5-10,13-14,19,21-22,26H,2-4,11-12,15-18,20,23-25H2,1H3,(H,35,37). The number of nitrogens with one attached hydrogen (secondary N) is 1. The van der Waals surface area contributed by atoms with Crippen molar-refractivity contribution in [3.63, 3.8) is 0 Å². The van der Waals surface area contributed by atoms with Gasteiger partial charge in [-0.05, 0) is 97.2 Å². The predicted octanol–water partition coefficient (Wildman–Crippen LogP) is 6.01. The van der Waals surface area contributed by atoms with Crippen LogP contribution in [0.1, 0.15) is 64.7 Å². The zero-order valence-corrected chi connectivity index (χ0v) is 23.7. The third-order valence-corrected chi connectivity index (χ3v) is 7.61. The van der Waals surface area contributed by atoms with E-state index in [9.17, 15) is 4.79 Å². The van der Waals surface area contributed by atoms with Crippen LogP contribution in [-0.2, 0) is 24.2 Å². The molecule has 3 aromatic carbocycles. The number of rotatable bonds is 9. The molecule has 0 aromatic heterocycles. The molecule has 1 N–H and O–H groups in total. The second kappa shape index (κ2) is 14.3. The van der Waals surface area contributed by atoms with Crippen LogP contribution in [0.4, 0.5) is 0 Å². The fraction of sp³-hybridized carbons (Fsp3) is 0.441. The number of methoxy groups -OCH3 is 1. The van der Waals surface area contributed by atoms with Crippen LogP contribution in [0.3, 0.4) is 0 Å². The van der Waals surface area contributed by atoms with Crippen molar-refractivity contribution in [1.29, 1.82) is 0 Å². The van der Waals surface area contributed by atoms with Crippen LogP contribution >= 0.6 is 0 Å². The Morgan fingerprint density at radius 1 is 0.975 bits per heavy atom. The van der Waals surface area contributed by atoms with E-state index in [2.05, 4.69) is 34.5 Å². The third-order valence-electron chi connectivity index (χ3n) is 7.61. The van der Waals surface area contributed by atoms with Crippen molar-refractivity contribution in [3.05, 3.63) is 94.5 Å². The van der Waals surface area contributed by atoms with E-state index >= 15 is 0 Å². The fourth-order valence-electron chi connectivity index (χ4n) is 5.29. The maximum absolute atomic E-state index is 13.2. The van der Waals surface area contributed by atoms with Gasteiger partial charge in [0.2, 0.25) is 0 Å². The Balaban J connectivity index is 1.28. The average molecular weight is 543 g/mol. The first kappa shape index (κ1) is 28.2. The van der Waals surface area contributed by atoms with Crippen molar-refractivity contribution >= 4 is 5.91 Å². The molecule has 1 saturated carbocycles. The highest BCUT2D eigenvalue weighted by molar-refractivity contribution is 5.94. The first-order valence-corrected chi connectivity index (χ1v) is 14.7. The topological polar surface area (TPSA) is 60.0 Å². The molecule has 6 heteroatoms. The molecule has 212 valence electrons. The number of ether oxygens (including phenoxy) is 3. The second-order valence-electron chi connectivity index (χ2n) is 11.1. The molecule has 1 aliphatic heterocycles. The van der Waals surface area contributed by atoms with Gasteiger partial charge in [-0.25, -0.2) is 0 Å². The van der Waals surface area contributed by atoms with Gasteiger partial charge in [-0.2, -0.15) is 0 Å². The predicted molar refractivity (Wildman–Crippen MR) is 158 cm³/mol. The lowest BCUT2D eigenvalue weighted by molar-refractivity contribution is 0.0950. The molecular formula is C34H42N2O4. The lowest BCUT2D eigenvalue weighted by Gasteiger charge is -2.23. The third kappa shape index (κ3) is 8.57. The summed E-state index contributed by atoms with van der Waals surface area (Å²) in [7, 11) is 1.65. The average Bonchev–Trinajstić information content (AvgIpc) is 3.78. The highest BCUT2D eigenvalue weighted by atomic mass is 16.5. The van der Waals surface area contributed by atoms with E-state index in [1.807, 2.05) is 42.5 Å². The number of amides is 1. The van der Waals surface area contributed by atoms with Crippen molar-refractivity contribution in [3.8, 4) is 11.5 Å². The Hall–Kier alpha value is -3.35. The van der Waals surface area contributed by atoms with Crippen molar-refractivity contribution < 1.29 is 19.0 Å². The zero-order chi connectivity index (χ0) is 27.6. The summed E-state index contributed by atoms with van der Waals surface area (Å²) in [5.41, 5.74) is 5.28. The quantitative estimate of drug-likeness (QED) is 0.336. The molecule has 2 bridgehead atoms. The van der Waals surface area contributed by atoms with Crippen molar-refractivity contribution in [2.45, 2.75) is 51.6 Å². The molecule has 1 aliphatic carbocycles. The van der Waals surface area contributed by atoms with E-state index in [1.54, 1.807) is 7.11 Å². The van der Waals surface area contributed by atoms with Crippen molar-refractivity contribution in [2.75, 3.05) is 40.0 Å². The highest BCUT2D eigenvalue weighted by Crippen LogP contribution is 2.31. The summed E-state index contributed by atoms with van der Waals surface area (Å²) in [5, 5.41) is 3.07. The van der Waals surface area contributed by atoms with E-state index in [1.165, 1.54) is 36.9 Å². The molecule has 2 aliphatic rings. The maximum Gasteiger partial charge on any atom is 0.251 e. The van der Waals surface area contributed by atoms with Crippen LogP contribution in [0.5, 0.6) is 11.5 Å². The Morgan fingerprint density at radius 3 is 2.73 bits per heavy atom. The smallest absolute Gasteiger partial charge is 0.251 e. The van der Waals surface area contributed by atoms with Gasteiger partial charge in [0.1, 0.15) is 18.1 Å². The van der Waals surface area contributed by atoms with Gasteiger partial charge in [-0.3, -0.25) is 9.69 Å². The van der Waals surface area contributed by atoms with Gasteiger partial charge in [-0.1, -0.05) is 36.4 Å². The summed E-state index contributed by atoms with van der Waals surface area (Å²) < 4.78 is 17.0. The summed E-state index contributed by atoms with van der Waals surface area (Å²) in [6.45, 7) is 5.53. The number of benzene rings is 3. The van der Waals surface area contributed by atoms with Gasteiger partial charge in [0.15, 0.2) is 0 Å². The molecule has 6 nitrogen and oxygen atoms in total. The molecule has 0 saturated heterocycles. The summed E-state index contributed by atoms with van der Waals surface area (Å²) in [5.74, 6) is 2.43. The van der Waals surface area contributed by atoms with E-state index in [4.69, 9.17) is 14.2 Å². The first-order valence-electron chi connectivity index (χ1n) is 14.7. The maximum atomic E-state index is 13.2. The lowest BCUT2D eigenvalue weighted by atomic mass is 9.99. The molecule has 0 radical (unpaired) electrons. The number of fused-ring (bicyclic) bond motifs is 3. The van der Waals surface area contributed by atoms with E-state index in [0.717, 1.165) is 60.9 Å². The molecule has 40 heavy (non-hydrogen) atoms. The monoisotopic (exact) mass is 542 g/mol. The van der Waals surface area contributed by atoms with E-state index in [-0.39, 0.29) is 5.91 Å². The number of hydrogen-bond donors (Lipinski definition) is 1. The van der Waals surface area contributed by atoms with Crippen LogP contribution in [0.15, 0.2) is 66.7 Å². The first-order chi connectivity index (χ1) is 19.7. The normalized spacial score (nSPS) is 16.3. The Kier molecular flexibility index (Phi) is 10.1. The summed E-state index contributed by atoms with van der Waals surface area (Å²) >= 11 is 0. The molecular weight excluding hydrogens is 500 g/mol. The van der Waals surface area contributed by atoms with Crippen molar-refractivity contribution in [2.24, 2.45) is 5.92 Å². The summed E-state index contributed by atoms with van der Waals surface area (Å²) in [4.78, 5) is 15.8. The van der Waals surface area contributed by atoms with Crippen LogP contribution in [-0.4, -0.2) is 50.8 Å². The molecule has 1 heterocycles. The van der Waals surface area contributed by atoms with Gasteiger partial charge in [0.25, 0.3) is 5.91 Å². The highest BCUT2D eigenvalue weighted by Gasteiger charge is 2.24. The van der Waals surface area contributed by atoms with Crippen LogP contribution in [0, 0.1) is 5.92 Å². The van der Waals surface area contributed by atoms with Gasteiger partial charge in [0.05, 0.1) is 13.2 Å². The van der Waals surface area contributed by atoms with Crippen LogP contribution in [0.2, 0.25) is 0 Å². The van der Waals surface area contributed by atoms with Gasteiger partial charge in [0, 0.05) is 38.7 Å². The number of nitrogens with zero attached hydrogens (tertiary/aromatic N) is 1. The Morgan fingerprint density at radius 2 is 1.85 bits per heavy atom. The fourth-order valence-corrected chi connectivity index (χ4v) is 5.29. The minimum Gasteiger partial charge on any atom is -0.493 e. The number of carbonyl (C=O) groups excluding carboxylic acids is 1. The van der Waals surface area contributed by atoms with Gasteiger partial charge in [-0.15, -0.1) is 0 Å². The summed E-state index contributed by atoms with van der Waals surface area (Å²) in [6.07, 6.45) is 6.89. The number of carbonyl (C=O) groups is 1. The lowest BCUT2D eigenvalue weighted by Crippen LogP contribution is -2.27. The van der Waals surface area contributed by atoms with E-state index < -0.39 is 0 Å². The van der Waals surface area contributed by atoms with Crippen LogP contribution < -0.4 is 14.8 Å². The largest absolute Gasteiger partial charge is 0.493 e. The van der Waals surface area contributed by atoms with Crippen LogP contribution in [0.25, 0.3) is 0 Å². The van der Waals surface area contributed by atoms with Crippen molar-refractivity contribution in [1.82, 2.24) is 10.2 Å². The Bertz CT molecular complexity index is 1260. The van der Waals surface area contributed by atoms with Gasteiger partial charge >= 0.3 is 0 Å².